The Morgan fingerprint density at radius 3 is 2.31 bits per heavy atom. The lowest BCUT2D eigenvalue weighted by molar-refractivity contribution is -0.141. The van der Waals surface area contributed by atoms with Crippen molar-refractivity contribution in [2.45, 2.75) is 56.5 Å². The first-order valence-corrected chi connectivity index (χ1v) is 12.4. The third-order valence-corrected chi connectivity index (χ3v) is 7.95. The summed E-state index contributed by atoms with van der Waals surface area (Å²) in [5.41, 5.74) is -0.683. The molecule has 2 saturated carbocycles. The van der Waals surface area contributed by atoms with Crippen LogP contribution in [0.25, 0.3) is 0 Å². The largest absolute Gasteiger partial charge is 0.492 e. The monoisotopic (exact) mass is 490 g/mol. The predicted molar refractivity (Wildman–Crippen MR) is 119 cm³/mol. The van der Waals surface area contributed by atoms with Gasteiger partial charge in [0.2, 0.25) is 0 Å². The fourth-order valence-corrected chi connectivity index (χ4v) is 5.69. The molecule has 0 atom stereocenters. The van der Waals surface area contributed by atoms with Crippen molar-refractivity contribution >= 4 is 6.03 Å². The highest BCUT2D eigenvalue weighted by Crippen LogP contribution is 2.55. The molecule has 35 heavy (non-hydrogen) atoms. The molecule has 2 aromatic rings. The second-order valence-corrected chi connectivity index (χ2v) is 10.7. The molecule has 0 aromatic carbocycles. The quantitative estimate of drug-likeness (QED) is 0.679. The fraction of sp³-hybridized carbons (Fsp3) is 0.667. The average Bonchev–Trinajstić information content (AvgIpc) is 3.53. The molecule has 2 amide bonds. The molecule has 2 aliphatic heterocycles. The molecule has 2 saturated heterocycles. The number of ether oxygens (including phenoxy) is 1. The Bertz CT molecular complexity index is 1060. The highest BCUT2D eigenvalue weighted by Gasteiger charge is 2.55. The summed E-state index contributed by atoms with van der Waals surface area (Å²) >= 11 is 0. The average molecular weight is 491 g/mol. The molecule has 0 bridgehead atoms. The molecule has 1 spiro atoms. The molecule has 8 nitrogen and oxygen atoms in total. The van der Waals surface area contributed by atoms with Crippen molar-refractivity contribution in [2.75, 3.05) is 32.8 Å². The molecule has 6 rings (SSSR count). The summed E-state index contributed by atoms with van der Waals surface area (Å²) in [6, 6.07) is 2.34. The zero-order valence-electron chi connectivity index (χ0n) is 19.4. The van der Waals surface area contributed by atoms with E-state index in [0.29, 0.717) is 37.3 Å². The number of aromatic nitrogens is 4. The van der Waals surface area contributed by atoms with Crippen molar-refractivity contribution in [3.63, 3.8) is 0 Å². The summed E-state index contributed by atoms with van der Waals surface area (Å²) < 4.78 is 43.5. The van der Waals surface area contributed by atoms with Gasteiger partial charge in [-0.2, -0.15) is 13.2 Å². The number of piperidine rings is 1. The number of amides is 2. The van der Waals surface area contributed by atoms with Crippen LogP contribution in [0.1, 0.15) is 67.7 Å². The minimum Gasteiger partial charge on any atom is -0.492 e. The number of carbonyl (C=O) groups is 1. The smallest absolute Gasteiger partial charge is 0.433 e. The minimum atomic E-state index is -4.45. The van der Waals surface area contributed by atoms with Crippen molar-refractivity contribution in [3.8, 4) is 5.75 Å². The van der Waals surface area contributed by atoms with Gasteiger partial charge in [0, 0.05) is 43.4 Å². The summed E-state index contributed by atoms with van der Waals surface area (Å²) in [4.78, 5) is 23.6. The molecule has 2 aliphatic carbocycles. The normalized spacial score (nSPS) is 22.7. The Hall–Kier alpha value is -2.85. The van der Waals surface area contributed by atoms with Crippen LogP contribution in [0.5, 0.6) is 5.75 Å². The van der Waals surface area contributed by atoms with Gasteiger partial charge in [-0.3, -0.25) is 0 Å². The van der Waals surface area contributed by atoms with Crippen LogP contribution in [0.2, 0.25) is 0 Å². The number of pyridine rings is 1. The van der Waals surface area contributed by atoms with E-state index in [9.17, 15) is 18.0 Å². The fourth-order valence-electron chi connectivity index (χ4n) is 5.69. The maximum Gasteiger partial charge on any atom is 0.433 e. The van der Waals surface area contributed by atoms with Crippen molar-refractivity contribution < 1.29 is 22.7 Å². The lowest BCUT2D eigenvalue weighted by Gasteiger charge is -2.59. The lowest BCUT2D eigenvalue weighted by Crippen LogP contribution is -2.65. The Balaban J connectivity index is 0.910. The molecule has 2 aromatic heterocycles. The van der Waals surface area contributed by atoms with Gasteiger partial charge >= 0.3 is 12.2 Å². The maximum absolute atomic E-state index is 12.9. The second kappa shape index (κ2) is 8.37. The number of H-pyrrole nitrogens is 1. The number of nitrogens with zero attached hydrogens (tertiary/aromatic N) is 5. The first-order chi connectivity index (χ1) is 16.8. The summed E-state index contributed by atoms with van der Waals surface area (Å²) in [6.45, 7) is 3.39. The van der Waals surface area contributed by atoms with E-state index in [1.807, 2.05) is 9.80 Å². The van der Waals surface area contributed by atoms with E-state index < -0.39 is 11.9 Å². The van der Waals surface area contributed by atoms with Crippen LogP contribution in [-0.4, -0.2) is 68.8 Å². The Labute approximate surface area is 201 Å². The number of hydrogen-bond acceptors (Lipinski definition) is 5. The van der Waals surface area contributed by atoms with Crippen LogP contribution in [0.3, 0.4) is 0 Å². The van der Waals surface area contributed by atoms with Gasteiger partial charge in [0.05, 0.1) is 12.8 Å². The third kappa shape index (κ3) is 4.56. The van der Waals surface area contributed by atoms with Crippen molar-refractivity contribution in [3.05, 3.63) is 35.7 Å². The summed E-state index contributed by atoms with van der Waals surface area (Å²) in [5, 5.41) is 8.65. The van der Waals surface area contributed by atoms with Gasteiger partial charge in [-0.1, -0.05) is 0 Å². The Morgan fingerprint density at radius 2 is 1.71 bits per heavy atom. The zero-order valence-corrected chi connectivity index (χ0v) is 19.4. The molecule has 188 valence electrons. The number of alkyl halides is 3. The van der Waals surface area contributed by atoms with Crippen LogP contribution in [-0.2, 0) is 6.18 Å². The standard InChI is InChI=1S/C24H29F3N6O2/c25-24(26,27)19-4-3-18(11-28-19)35-12-15-5-7-32(8-6-15)22(34)33-13-23(14-33)9-17(10-23)21-29-20(30-31-21)16-1-2-16/h3-4,11,15-17H,1-2,5-10,12-14H2,(H,29,30,31). The van der Waals surface area contributed by atoms with E-state index in [1.165, 1.54) is 18.9 Å². The molecule has 11 heteroatoms. The van der Waals surface area contributed by atoms with Crippen molar-refractivity contribution in [1.29, 1.82) is 0 Å². The molecular formula is C24H29F3N6O2. The molecule has 4 heterocycles. The Morgan fingerprint density at radius 1 is 1.03 bits per heavy atom. The molecule has 0 unspecified atom stereocenters. The van der Waals surface area contributed by atoms with E-state index in [1.54, 1.807) is 0 Å². The summed E-state index contributed by atoms with van der Waals surface area (Å²) in [7, 11) is 0. The van der Waals surface area contributed by atoms with E-state index in [2.05, 4.69) is 20.2 Å². The topological polar surface area (TPSA) is 87.2 Å². The van der Waals surface area contributed by atoms with E-state index in [-0.39, 0.29) is 17.4 Å². The van der Waals surface area contributed by atoms with Crippen molar-refractivity contribution in [1.82, 2.24) is 30.0 Å². The summed E-state index contributed by atoms with van der Waals surface area (Å²) in [5.74, 6) is 3.66. The van der Waals surface area contributed by atoms with Crippen LogP contribution < -0.4 is 4.74 Å². The number of hydrogen-bond donors (Lipinski definition) is 1. The van der Waals surface area contributed by atoms with Gasteiger partial charge in [-0.15, -0.1) is 10.2 Å². The van der Waals surface area contributed by atoms with Crippen LogP contribution >= 0.6 is 0 Å². The van der Waals surface area contributed by atoms with Crippen LogP contribution in [0.15, 0.2) is 18.3 Å². The molecule has 1 N–H and O–H groups in total. The number of urea groups is 1. The third-order valence-electron chi connectivity index (χ3n) is 7.95. The number of carbonyl (C=O) groups excluding carboxylic acids is 1. The number of halogens is 3. The predicted octanol–water partition coefficient (Wildman–Crippen LogP) is 4.19. The van der Waals surface area contributed by atoms with Crippen molar-refractivity contribution in [2.24, 2.45) is 11.3 Å². The highest BCUT2D eigenvalue weighted by molar-refractivity contribution is 5.75. The number of aromatic amines is 1. The maximum atomic E-state index is 12.9. The van der Waals surface area contributed by atoms with Crippen LogP contribution in [0, 0.1) is 11.3 Å². The van der Waals surface area contributed by atoms with Gasteiger partial charge in [0.25, 0.3) is 0 Å². The first kappa shape index (κ1) is 22.6. The van der Waals surface area contributed by atoms with Gasteiger partial charge in [0.1, 0.15) is 23.1 Å². The second-order valence-electron chi connectivity index (χ2n) is 10.7. The van der Waals surface area contributed by atoms with Crippen LogP contribution in [0.4, 0.5) is 18.0 Å². The van der Waals surface area contributed by atoms with E-state index in [4.69, 9.17) is 4.74 Å². The van der Waals surface area contributed by atoms with Gasteiger partial charge < -0.3 is 19.5 Å². The number of likely N-dealkylation sites (tertiary alicyclic amines) is 2. The first-order valence-electron chi connectivity index (χ1n) is 12.4. The molecule has 0 radical (unpaired) electrons. The highest BCUT2D eigenvalue weighted by atomic mass is 19.4. The lowest BCUT2D eigenvalue weighted by atomic mass is 9.57. The molecule has 4 aliphatic rings. The number of rotatable bonds is 5. The van der Waals surface area contributed by atoms with Gasteiger partial charge in [-0.05, 0) is 56.6 Å². The van der Waals surface area contributed by atoms with E-state index >= 15 is 0 Å². The van der Waals surface area contributed by atoms with Gasteiger partial charge in [-0.25, -0.2) is 9.78 Å². The minimum absolute atomic E-state index is 0.112. The number of nitrogens with one attached hydrogen (secondary N) is 1. The van der Waals surface area contributed by atoms with Gasteiger partial charge in [0.15, 0.2) is 0 Å². The molecule has 4 fully saturated rings. The van der Waals surface area contributed by atoms with E-state index in [0.717, 1.165) is 62.7 Å². The zero-order chi connectivity index (χ0) is 24.2. The Kier molecular flexibility index (Phi) is 5.41. The summed E-state index contributed by atoms with van der Waals surface area (Å²) in [6.07, 6.45) is 2.84. The SMILES string of the molecule is O=C(N1CCC(COc2ccc(C(F)(F)F)nc2)CC1)N1CC2(CC(c3nnc(C4CC4)[nH]3)C2)C1. The molecular weight excluding hydrogens is 461 g/mol.